The second-order valence-corrected chi connectivity index (χ2v) is 18.9. The molecule has 2 aromatic rings. The average molecular weight is 582 g/mol. The Morgan fingerprint density at radius 1 is 1.05 bits per heavy atom. The second kappa shape index (κ2) is 12.7. The molecule has 4 atom stereocenters. The van der Waals surface area contributed by atoms with Gasteiger partial charge in [-0.05, 0) is 56.5 Å². The normalized spacial score (nSPS) is 24.2. The highest BCUT2D eigenvalue weighted by Gasteiger charge is 2.60. The molecule has 0 saturated carbocycles. The fraction of sp³-hybridized carbons (Fsp3) is 0.594. The largest absolute Gasteiger partial charge is 0.404 e. The van der Waals surface area contributed by atoms with Crippen LogP contribution in [0, 0.1) is 6.57 Å². The van der Waals surface area contributed by atoms with Gasteiger partial charge in [0.05, 0.1) is 12.7 Å². The van der Waals surface area contributed by atoms with Crippen molar-refractivity contribution in [1.82, 2.24) is 9.34 Å². The lowest BCUT2D eigenvalue weighted by Gasteiger charge is -2.47. The van der Waals surface area contributed by atoms with Gasteiger partial charge >= 0.3 is 0 Å². The molecule has 2 bridgehead atoms. The Kier molecular flexibility index (Phi) is 9.95. The van der Waals surface area contributed by atoms with Crippen molar-refractivity contribution in [1.29, 1.82) is 0 Å². The van der Waals surface area contributed by atoms with Crippen LogP contribution in [-0.4, -0.2) is 73.8 Å². The molecule has 218 valence electrons. The Labute approximate surface area is 244 Å². The summed E-state index contributed by atoms with van der Waals surface area (Å²) in [6.07, 6.45) is 1.02. The molecule has 0 radical (unpaired) electrons. The zero-order chi connectivity index (χ0) is 29.1. The monoisotopic (exact) mass is 581 g/mol. The third kappa shape index (κ3) is 6.10. The van der Waals surface area contributed by atoms with E-state index in [0.717, 1.165) is 13.0 Å². The number of ether oxygens (including phenoxy) is 1. The fourth-order valence-corrected chi connectivity index (χ4v) is 13.8. The van der Waals surface area contributed by atoms with Crippen LogP contribution in [0.5, 0.6) is 0 Å². The van der Waals surface area contributed by atoms with Crippen molar-refractivity contribution in [2.24, 2.45) is 0 Å². The van der Waals surface area contributed by atoms with Gasteiger partial charge in [-0.1, -0.05) is 81.4 Å². The molecular formula is C32H48N3O3PSi. The second-order valence-electron chi connectivity index (χ2n) is 12.9. The smallest absolute Gasteiger partial charge is 0.261 e. The van der Waals surface area contributed by atoms with E-state index in [1.807, 2.05) is 0 Å². The Hall–Kier alpha value is -1.62. The molecule has 40 heavy (non-hydrogen) atoms. The van der Waals surface area contributed by atoms with Gasteiger partial charge in [0.25, 0.3) is 8.32 Å². The summed E-state index contributed by atoms with van der Waals surface area (Å²) >= 11 is 0. The third-order valence-electron chi connectivity index (χ3n) is 8.25. The van der Waals surface area contributed by atoms with Crippen molar-refractivity contribution in [3.05, 3.63) is 72.1 Å². The van der Waals surface area contributed by atoms with Crippen molar-refractivity contribution in [3.8, 4) is 0 Å². The van der Waals surface area contributed by atoms with E-state index < -0.39 is 16.8 Å². The number of nitrogens with zero attached hydrogens (tertiary/aromatic N) is 3. The highest BCUT2D eigenvalue weighted by Crippen LogP contribution is 2.57. The van der Waals surface area contributed by atoms with Crippen LogP contribution in [0.15, 0.2) is 60.7 Å². The lowest BCUT2D eigenvalue weighted by Crippen LogP contribution is -2.68. The van der Waals surface area contributed by atoms with E-state index >= 15 is 0 Å². The lowest BCUT2D eigenvalue weighted by atomic mass is 10.0. The maximum absolute atomic E-state index is 7.40. The van der Waals surface area contributed by atoms with Crippen LogP contribution in [0.1, 0.15) is 61.8 Å². The molecule has 2 aliphatic rings. The maximum Gasteiger partial charge on any atom is 0.261 e. The number of morpholine rings is 1. The molecule has 0 amide bonds. The van der Waals surface area contributed by atoms with E-state index in [0.29, 0.717) is 31.8 Å². The van der Waals surface area contributed by atoms with Gasteiger partial charge in [-0.15, -0.1) is 0 Å². The molecule has 2 aliphatic heterocycles. The zero-order valence-electron chi connectivity index (χ0n) is 25.6. The molecule has 2 fully saturated rings. The van der Waals surface area contributed by atoms with Crippen molar-refractivity contribution in [2.45, 2.75) is 96.7 Å². The van der Waals surface area contributed by atoms with Gasteiger partial charge in [-0.3, -0.25) is 0 Å². The van der Waals surface area contributed by atoms with Gasteiger partial charge < -0.3 is 18.5 Å². The van der Waals surface area contributed by atoms with E-state index in [1.165, 1.54) is 10.4 Å². The summed E-state index contributed by atoms with van der Waals surface area (Å²) in [7, 11) is -3.72. The Bertz CT molecular complexity index is 1090. The molecule has 0 N–H and O–H groups in total. The third-order valence-corrected chi connectivity index (χ3v) is 15.8. The summed E-state index contributed by atoms with van der Waals surface area (Å²) < 4.78 is 25.8. The van der Waals surface area contributed by atoms with Crippen molar-refractivity contribution < 1.29 is 13.7 Å². The Morgan fingerprint density at radius 3 is 2.08 bits per heavy atom. The van der Waals surface area contributed by atoms with Gasteiger partial charge in [0.2, 0.25) is 6.54 Å². The highest BCUT2D eigenvalue weighted by molar-refractivity contribution is 7.47. The molecule has 2 saturated heterocycles. The van der Waals surface area contributed by atoms with Gasteiger partial charge in [0, 0.05) is 24.7 Å². The first-order valence-corrected chi connectivity index (χ1v) is 17.8. The Balaban J connectivity index is 1.68. The van der Waals surface area contributed by atoms with Gasteiger partial charge in [0.1, 0.15) is 12.2 Å². The fourth-order valence-electron chi connectivity index (χ4n) is 6.69. The molecule has 0 aliphatic carbocycles. The molecule has 2 aromatic carbocycles. The summed E-state index contributed by atoms with van der Waals surface area (Å²) in [4.78, 5) is 3.56. The van der Waals surface area contributed by atoms with Crippen LogP contribution in [-0.2, 0) is 13.7 Å². The van der Waals surface area contributed by atoms with Crippen LogP contribution in [0.25, 0.3) is 4.85 Å². The number of hydrogen-bond donors (Lipinski definition) is 0. The molecule has 2 heterocycles. The summed E-state index contributed by atoms with van der Waals surface area (Å²) in [5.74, 6) is 0. The van der Waals surface area contributed by atoms with Gasteiger partial charge in [-0.25, -0.2) is 15.9 Å². The van der Waals surface area contributed by atoms with Gasteiger partial charge in [0.15, 0.2) is 8.45 Å². The van der Waals surface area contributed by atoms with E-state index in [9.17, 15) is 0 Å². The number of hydrogen-bond acceptors (Lipinski definition) is 5. The topological polar surface area (TPSA) is 38.5 Å². The summed E-state index contributed by atoms with van der Waals surface area (Å²) in [6.45, 7) is 27.6. The predicted molar refractivity (Wildman–Crippen MR) is 168 cm³/mol. The number of rotatable bonds is 12. The van der Waals surface area contributed by atoms with Crippen molar-refractivity contribution in [3.63, 3.8) is 0 Å². The van der Waals surface area contributed by atoms with Crippen LogP contribution in [0.2, 0.25) is 5.04 Å². The minimum Gasteiger partial charge on any atom is -0.404 e. The SMILES string of the molecule is [C-]#[N+]CCOP(N(C(C)C)C(C)C)N1CC2(CO[Si](c3ccccc3)(c3ccccc3)C(C)(C)C)C[C@@H]1C(C)O2. The molecule has 6 nitrogen and oxygen atoms in total. The minimum atomic E-state index is -2.68. The number of fused-ring (bicyclic) bond motifs is 2. The Morgan fingerprint density at radius 2 is 1.60 bits per heavy atom. The summed E-state index contributed by atoms with van der Waals surface area (Å²) in [5.41, 5.74) is -0.388. The first-order chi connectivity index (χ1) is 19.0. The van der Waals surface area contributed by atoms with Crippen LogP contribution < -0.4 is 10.4 Å². The molecule has 8 heteroatoms. The zero-order valence-corrected chi connectivity index (χ0v) is 27.5. The average Bonchev–Trinajstić information content (AvgIpc) is 3.43. The molecule has 4 rings (SSSR count). The predicted octanol–water partition coefficient (Wildman–Crippen LogP) is 6.08. The van der Waals surface area contributed by atoms with E-state index in [-0.39, 0.29) is 22.8 Å². The maximum atomic E-state index is 7.40. The quantitative estimate of drug-likeness (QED) is 0.132. The van der Waals surface area contributed by atoms with Crippen LogP contribution in [0.3, 0.4) is 0 Å². The first-order valence-electron chi connectivity index (χ1n) is 14.7. The lowest BCUT2D eigenvalue weighted by molar-refractivity contribution is -0.0938. The standard InChI is InChI=1S/C32H48N3O3PSi/c1-25(2)35(26(3)4)39(36-21-20-33-9)34-23-32(22-30(34)27(5)38-32)24-37-40(31(6,7)8,28-16-12-10-13-17-28)29-18-14-11-15-19-29/h10-19,25-27,30H,20-24H2,1-8H3/t27?,30-,32?,39?/m1/s1. The number of benzene rings is 2. The van der Waals surface area contributed by atoms with Gasteiger partial charge in [-0.2, -0.15) is 0 Å². The molecule has 0 aromatic heterocycles. The summed E-state index contributed by atoms with van der Waals surface area (Å²) in [5, 5.41) is 2.49. The van der Waals surface area contributed by atoms with Crippen LogP contribution in [0.4, 0.5) is 0 Å². The summed E-state index contributed by atoms with van der Waals surface area (Å²) in [6, 6.07) is 22.6. The highest BCUT2D eigenvalue weighted by atomic mass is 31.2. The van der Waals surface area contributed by atoms with Crippen LogP contribution >= 0.6 is 8.45 Å². The van der Waals surface area contributed by atoms with E-state index in [1.54, 1.807) is 0 Å². The minimum absolute atomic E-state index is 0.0875. The van der Waals surface area contributed by atoms with Crippen molar-refractivity contribution in [2.75, 3.05) is 26.3 Å². The van der Waals surface area contributed by atoms with E-state index in [4.69, 9.17) is 20.3 Å². The molecule has 3 unspecified atom stereocenters. The molecule has 0 spiro atoms. The molecular weight excluding hydrogens is 533 g/mol. The van der Waals surface area contributed by atoms with Crippen molar-refractivity contribution >= 4 is 27.1 Å². The first kappa shape index (κ1) is 31.3. The van der Waals surface area contributed by atoms with E-state index in [2.05, 4.69) is 130 Å².